The molecule has 1 heterocycles. The average molecular weight is 321 g/mol. The minimum atomic E-state index is -4.41. The number of nitrogens with zero attached hydrogens (tertiary/aromatic N) is 1. The van der Waals surface area contributed by atoms with E-state index < -0.39 is 11.7 Å². The molecule has 0 aliphatic rings. The highest BCUT2D eigenvalue weighted by Gasteiger charge is 2.33. The van der Waals surface area contributed by atoms with Gasteiger partial charge in [-0.25, -0.2) is 4.98 Å². The van der Waals surface area contributed by atoms with Crippen LogP contribution in [0, 0.1) is 0 Å². The van der Waals surface area contributed by atoms with E-state index in [1.165, 1.54) is 24.7 Å². The number of alkyl halides is 3. The normalized spacial score (nSPS) is 11.6. The van der Waals surface area contributed by atoms with Crippen LogP contribution in [-0.2, 0) is 12.7 Å². The highest BCUT2D eigenvalue weighted by molar-refractivity contribution is 9.10. The van der Waals surface area contributed by atoms with Crippen molar-refractivity contribution in [3.8, 4) is 0 Å². The van der Waals surface area contributed by atoms with Gasteiger partial charge in [-0.15, -0.1) is 0 Å². The van der Waals surface area contributed by atoms with Gasteiger partial charge in [0.2, 0.25) is 0 Å². The van der Waals surface area contributed by atoms with E-state index in [-0.39, 0.29) is 12.2 Å². The van der Waals surface area contributed by atoms with Crippen LogP contribution >= 0.6 is 15.9 Å². The molecule has 1 N–H and O–H groups in total. The second kappa shape index (κ2) is 5.01. The van der Waals surface area contributed by atoms with Crippen molar-refractivity contribution in [2.45, 2.75) is 12.7 Å². The van der Waals surface area contributed by atoms with Crippen molar-refractivity contribution in [1.29, 1.82) is 0 Å². The van der Waals surface area contributed by atoms with Crippen molar-refractivity contribution in [1.82, 2.24) is 4.98 Å². The smallest absolute Gasteiger partial charge is 0.418 e. The molecule has 0 saturated carbocycles. The van der Waals surface area contributed by atoms with Gasteiger partial charge in [0.15, 0.2) is 6.39 Å². The zero-order valence-electron chi connectivity index (χ0n) is 8.96. The number of halogens is 4. The van der Waals surface area contributed by atoms with Gasteiger partial charge in [-0.2, -0.15) is 13.2 Å². The lowest BCUT2D eigenvalue weighted by molar-refractivity contribution is -0.137. The van der Waals surface area contributed by atoms with E-state index in [2.05, 4.69) is 26.2 Å². The molecule has 0 aliphatic heterocycles. The first-order valence-electron chi connectivity index (χ1n) is 4.95. The summed E-state index contributed by atoms with van der Waals surface area (Å²) in [5.74, 6) is 0.464. The Morgan fingerprint density at radius 2 is 2.11 bits per heavy atom. The summed E-state index contributed by atoms with van der Waals surface area (Å²) < 4.78 is 43.7. The number of anilines is 1. The van der Waals surface area contributed by atoms with Crippen molar-refractivity contribution in [3.63, 3.8) is 0 Å². The Bertz CT molecular complexity index is 526. The Hall–Kier alpha value is -1.50. The maximum absolute atomic E-state index is 12.8. The first kappa shape index (κ1) is 12.9. The second-order valence-electron chi connectivity index (χ2n) is 3.51. The topological polar surface area (TPSA) is 38.1 Å². The van der Waals surface area contributed by atoms with Crippen LogP contribution in [0.5, 0.6) is 0 Å². The van der Waals surface area contributed by atoms with Crippen LogP contribution in [0.1, 0.15) is 11.3 Å². The molecule has 0 bridgehead atoms. The molecule has 2 aromatic rings. The number of aromatic nitrogens is 1. The lowest BCUT2D eigenvalue weighted by atomic mass is 10.1. The Morgan fingerprint density at radius 1 is 1.33 bits per heavy atom. The van der Waals surface area contributed by atoms with Gasteiger partial charge in [-0.05, 0) is 18.2 Å². The number of rotatable bonds is 3. The van der Waals surface area contributed by atoms with Gasteiger partial charge in [-0.3, -0.25) is 0 Å². The maximum Gasteiger partial charge on any atom is 0.418 e. The van der Waals surface area contributed by atoms with E-state index >= 15 is 0 Å². The monoisotopic (exact) mass is 320 g/mol. The van der Waals surface area contributed by atoms with Crippen molar-refractivity contribution in [2.24, 2.45) is 0 Å². The molecule has 0 atom stereocenters. The van der Waals surface area contributed by atoms with Crippen LogP contribution in [0.25, 0.3) is 0 Å². The van der Waals surface area contributed by atoms with Gasteiger partial charge < -0.3 is 9.73 Å². The van der Waals surface area contributed by atoms with Crippen LogP contribution in [0.15, 0.2) is 39.7 Å². The maximum atomic E-state index is 12.8. The molecular weight excluding hydrogens is 313 g/mol. The molecule has 1 aromatic carbocycles. The fraction of sp³-hybridized carbons (Fsp3) is 0.182. The van der Waals surface area contributed by atoms with Gasteiger partial charge in [0.05, 0.1) is 18.3 Å². The van der Waals surface area contributed by atoms with Gasteiger partial charge in [0, 0.05) is 10.2 Å². The molecule has 0 saturated heterocycles. The quantitative estimate of drug-likeness (QED) is 0.926. The third kappa shape index (κ3) is 3.04. The molecule has 0 radical (unpaired) electrons. The van der Waals surface area contributed by atoms with Crippen molar-refractivity contribution >= 4 is 21.6 Å². The number of benzene rings is 1. The number of nitrogens with one attached hydrogen (secondary N) is 1. The lowest BCUT2D eigenvalue weighted by Gasteiger charge is -2.14. The SMILES string of the molecule is FC(F)(F)c1cc(Br)ccc1NCc1cnco1. The largest absolute Gasteiger partial charge is 0.447 e. The zero-order valence-corrected chi connectivity index (χ0v) is 10.5. The molecule has 7 heteroatoms. The molecule has 0 spiro atoms. The molecule has 0 amide bonds. The van der Waals surface area contributed by atoms with Gasteiger partial charge in [0.1, 0.15) is 5.76 Å². The summed E-state index contributed by atoms with van der Waals surface area (Å²) in [5.41, 5.74) is -0.724. The fourth-order valence-corrected chi connectivity index (χ4v) is 1.78. The van der Waals surface area contributed by atoms with Gasteiger partial charge in [-0.1, -0.05) is 15.9 Å². The molecule has 2 rings (SSSR count). The van der Waals surface area contributed by atoms with Crippen LogP contribution in [0.2, 0.25) is 0 Å². The van der Waals surface area contributed by atoms with Crippen LogP contribution in [0.3, 0.4) is 0 Å². The highest BCUT2D eigenvalue weighted by Crippen LogP contribution is 2.36. The van der Waals surface area contributed by atoms with Crippen LogP contribution < -0.4 is 5.32 Å². The average Bonchev–Trinajstić information content (AvgIpc) is 2.79. The zero-order chi connectivity index (χ0) is 13.2. The summed E-state index contributed by atoms with van der Waals surface area (Å²) in [6.07, 6.45) is -1.74. The molecule has 1 aromatic heterocycles. The Kier molecular flexibility index (Phi) is 3.60. The first-order valence-corrected chi connectivity index (χ1v) is 5.74. The van der Waals surface area contributed by atoms with E-state index in [0.29, 0.717) is 10.2 Å². The van der Waals surface area contributed by atoms with Crippen LogP contribution in [-0.4, -0.2) is 4.98 Å². The summed E-state index contributed by atoms with van der Waals surface area (Å²) >= 11 is 3.02. The molecular formula is C11H8BrF3N2O. The van der Waals surface area contributed by atoms with E-state index in [9.17, 15) is 13.2 Å². The standard InChI is InChI=1S/C11H8BrF3N2O/c12-7-1-2-10(9(3-7)11(13,14)15)17-5-8-4-16-6-18-8/h1-4,6,17H,5H2. The molecule has 0 aliphatic carbocycles. The lowest BCUT2D eigenvalue weighted by Crippen LogP contribution is -2.10. The summed E-state index contributed by atoms with van der Waals surface area (Å²) in [7, 11) is 0. The summed E-state index contributed by atoms with van der Waals surface area (Å²) in [6.45, 7) is 0.144. The third-order valence-corrected chi connectivity index (χ3v) is 2.72. The van der Waals surface area contributed by atoms with Crippen molar-refractivity contribution in [2.75, 3.05) is 5.32 Å². The number of hydrogen-bond donors (Lipinski definition) is 1. The Morgan fingerprint density at radius 3 is 2.72 bits per heavy atom. The number of oxazole rings is 1. The van der Waals surface area contributed by atoms with Gasteiger partial charge in [0.25, 0.3) is 0 Å². The van der Waals surface area contributed by atoms with E-state index in [1.54, 1.807) is 0 Å². The molecule has 0 fully saturated rings. The highest BCUT2D eigenvalue weighted by atomic mass is 79.9. The Balaban J connectivity index is 2.22. The molecule has 96 valence electrons. The van der Waals surface area contributed by atoms with E-state index in [1.807, 2.05) is 0 Å². The van der Waals surface area contributed by atoms with Crippen molar-refractivity contribution in [3.05, 3.63) is 46.6 Å². The fourth-order valence-electron chi connectivity index (χ4n) is 1.42. The predicted molar refractivity (Wildman–Crippen MR) is 63.0 cm³/mol. The predicted octanol–water partition coefficient (Wildman–Crippen LogP) is 4.07. The van der Waals surface area contributed by atoms with E-state index in [0.717, 1.165) is 6.07 Å². The minimum absolute atomic E-state index is 0.00194. The second-order valence-corrected chi connectivity index (χ2v) is 4.42. The number of hydrogen-bond acceptors (Lipinski definition) is 3. The molecule has 3 nitrogen and oxygen atoms in total. The first-order chi connectivity index (χ1) is 8.47. The summed E-state index contributed by atoms with van der Waals surface area (Å²) in [5, 5.41) is 2.67. The third-order valence-electron chi connectivity index (χ3n) is 2.22. The minimum Gasteiger partial charge on any atom is -0.447 e. The van der Waals surface area contributed by atoms with Gasteiger partial charge >= 0.3 is 6.18 Å². The molecule has 0 unspecified atom stereocenters. The van der Waals surface area contributed by atoms with E-state index in [4.69, 9.17) is 4.42 Å². The Labute approximate surface area is 109 Å². The molecule has 18 heavy (non-hydrogen) atoms. The summed E-state index contributed by atoms with van der Waals surface area (Å²) in [4.78, 5) is 3.68. The van der Waals surface area contributed by atoms with Crippen molar-refractivity contribution < 1.29 is 17.6 Å². The van der Waals surface area contributed by atoms with Crippen LogP contribution in [0.4, 0.5) is 18.9 Å². The summed E-state index contributed by atoms with van der Waals surface area (Å²) in [6, 6.07) is 3.93.